The van der Waals surface area contributed by atoms with E-state index in [1.54, 1.807) is 0 Å². The van der Waals surface area contributed by atoms with Crippen molar-refractivity contribution >= 4 is 0 Å². The average Bonchev–Trinajstić information content (AvgIpc) is 2.35. The van der Waals surface area contributed by atoms with Crippen LogP contribution >= 0.6 is 0 Å². The highest BCUT2D eigenvalue weighted by atomic mass is 16.6. The zero-order valence-corrected chi connectivity index (χ0v) is 9.52. The Morgan fingerprint density at radius 2 is 2.44 bits per heavy atom. The van der Waals surface area contributed by atoms with Gasteiger partial charge in [0.2, 0.25) is 0 Å². The van der Waals surface area contributed by atoms with Crippen molar-refractivity contribution in [1.82, 2.24) is 0 Å². The first-order valence-electron chi connectivity index (χ1n) is 5.73. The molecule has 4 heteroatoms. The molecule has 0 bridgehead atoms. The van der Waals surface area contributed by atoms with Gasteiger partial charge >= 0.3 is 0 Å². The first kappa shape index (κ1) is 11.5. The van der Waals surface area contributed by atoms with Crippen molar-refractivity contribution in [3.63, 3.8) is 0 Å². The molecule has 0 fully saturated rings. The predicted molar refractivity (Wildman–Crippen MR) is 58.7 cm³/mol. The van der Waals surface area contributed by atoms with Crippen molar-refractivity contribution in [1.29, 1.82) is 0 Å². The maximum Gasteiger partial charge on any atom is 0.156 e. The number of aliphatic hydroxyl groups is 1. The van der Waals surface area contributed by atoms with Gasteiger partial charge in [0.05, 0.1) is 6.61 Å². The summed E-state index contributed by atoms with van der Waals surface area (Å²) < 4.78 is 16.7. The predicted octanol–water partition coefficient (Wildman–Crippen LogP) is 1.22. The Balaban J connectivity index is 1.93. The van der Waals surface area contributed by atoms with Gasteiger partial charge in [-0.1, -0.05) is 6.08 Å². The van der Waals surface area contributed by atoms with E-state index in [0.717, 1.165) is 11.5 Å². The van der Waals surface area contributed by atoms with Gasteiger partial charge in [0.15, 0.2) is 11.9 Å². The third kappa shape index (κ3) is 2.57. The number of ether oxygens (including phenoxy) is 3. The molecule has 1 aliphatic heterocycles. The monoisotopic (exact) mass is 226 g/mol. The lowest BCUT2D eigenvalue weighted by atomic mass is 9.99. The molecule has 0 radical (unpaired) electrons. The molecule has 0 amide bonds. The van der Waals surface area contributed by atoms with Crippen molar-refractivity contribution in [2.75, 3.05) is 26.4 Å². The van der Waals surface area contributed by atoms with Gasteiger partial charge in [-0.05, 0) is 13.0 Å². The number of rotatable bonds is 4. The van der Waals surface area contributed by atoms with Crippen LogP contribution in [0.25, 0.3) is 0 Å². The van der Waals surface area contributed by atoms with E-state index >= 15 is 0 Å². The van der Waals surface area contributed by atoms with E-state index < -0.39 is 0 Å². The van der Waals surface area contributed by atoms with Crippen molar-refractivity contribution in [3.8, 4) is 0 Å². The highest BCUT2D eigenvalue weighted by Gasteiger charge is 2.26. The van der Waals surface area contributed by atoms with Gasteiger partial charge < -0.3 is 19.3 Å². The van der Waals surface area contributed by atoms with Gasteiger partial charge in [-0.15, -0.1) is 0 Å². The number of aliphatic hydroxyl groups excluding tert-OH is 1. The fourth-order valence-electron chi connectivity index (χ4n) is 1.83. The van der Waals surface area contributed by atoms with Crippen LogP contribution in [-0.4, -0.2) is 37.6 Å². The summed E-state index contributed by atoms with van der Waals surface area (Å²) in [5, 5.41) is 9.09. The summed E-state index contributed by atoms with van der Waals surface area (Å²) in [6.45, 7) is 3.88. The van der Waals surface area contributed by atoms with Crippen LogP contribution in [0, 0.1) is 5.92 Å². The van der Waals surface area contributed by atoms with E-state index in [-0.39, 0.29) is 18.6 Å². The zero-order chi connectivity index (χ0) is 11.4. The number of hydrogen-bond donors (Lipinski definition) is 1. The summed E-state index contributed by atoms with van der Waals surface area (Å²) >= 11 is 0. The molecule has 4 nitrogen and oxygen atoms in total. The van der Waals surface area contributed by atoms with Crippen molar-refractivity contribution in [3.05, 3.63) is 23.7 Å². The zero-order valence-electron chi connectivity index (χ0n) is 9.52. The quantitative estimate of drug-likeness (QED) is 0.783. The molecule has 0 saturated carbocycles. The van der Waals surface area contributed by atoms with E-state index in [9.17, 15) is 0 Å². The minimum Gasteiger partial charge on any atom is -0.486 e. The fraction of sp³-hybridized carbons (Fsp3) is 0.667. The van der Waals surface area contributed by atoms with Crippen LogP contribution in [0.4, 0.5) is 0 Å². The summed E-state index contributed by atoms with van der Waals surface area (Å²) in [5.41, 5.74) is 0. The van der Waals surface area contributed by atoms with Gasteiger partial charge in [-0.25, -0.2) is 0 Å². The van der Waals surface area contributed by atoms with Gasteiger partial charge in [0, 0.05) is 25.6 Å². The third-order valence-corrected chi connectivity index (χ3v) is 2.72. The van der Waals surface area contributed by atoms with Crippen LogP contribution in [0.15, 0.2) is 23.7 Å². The number of hydrogen-bond acceptors (Lipinski definition) is 4. The highest BCUT2D eigenvalue weighted by Crippen LogP contribution is 2.29. The second-order valence-corrected chi connectivity index (χ2v) is 4.00. The van der Waals surface area contributed by atoms with Crippen LogP contribution in [0.3, 0.4) is 0 Å². The highest BCUT2D eigenvalue weighted by molar-refractivity contribution is 5.24. The Morgan fingerprint density at radius 3 is 3.19 bits per heavy atom. The Hall–Kier alpha value is -1.00. The molecular weight excluding hydrogens is 208 g/mol. The normalized spacial score (nSPS) is 28.4. The van der Waals surface area contributed by atoms with Gasteiger partial charge in [-0.3, -0.25) is 0 Å². The molecule has 0 saturated heterocycles. The summed E-state index contributed by atoms with van der Waals surface area (Å²) in [5.74, 6) is 1.79. The first-order valence-corrected chi connectivity index (χ1v) is 5.73. The van der Waals surface area contributed by atoms with Crippen molar-refractivity contribution < 1.29 is 19.3 Å². The first-order chi connectivity index (χ1) is 7.83. The minimum atomic E-state index is -0.0236. The molecule has 16 heavy (non-hydrogen) atoms. The molecule has 2 atom stereocenters. The molecule has 0 aromatic carbocycles. The Kier molecular flexibility index (Phi) is 3.85. The number of allylic oxidation sites excluding steroid dienone is 2. The fourth-order valence-corrected chi connectivity index (χ4v) is 1.83. The molecular formula is C12H18O4. The van der Waals surface area contributed by atoms with E-state index in [0.29, 0.717) is 26.2 Å². The molecule has 2 rings (SSSR count). The Bertz CT molecular complexity index is 295. The molecule has 2 aliphatic rings. The maximum absolute atomic E-state index is 9.09. The standard InChI is InChI=1S/C12H18O4/c1-2-14-7-10-8-15-11-4-3-9(6-13)5-12(11)16-10/h3-4,9-10,13H,2,5-8H2,1H3. The smallest absolute Gasteiger partial charge is 0.156 e. The Labute approximate surface area is 95.5 Å². The summed E-state index contributed by atoms with van der Waals surface area (Å²) in [7, 11) is 0. The summed E-state index contributed by atoms with van der Waals surface area (Å²) in [4.78, 5) is 0. The molecule has 0 aromatic heterocycles. The van der Waals surface area contributed by atoms with Crippen LogP contribution in [-0.2, 0) is 14.2 Å². The second kappa shape index (κ2) is 5.37. The maximum atomic E-state index is 9.09. The van der Waals surface area contributed by atoms with E-state index in [1.165, 1.54) is 0 Å². The molecule has 1 aliphatic carbocycles. The third-order valence-electron chi connectivity index (χ3n) is 2.72. The lowest BCUT2D eigenvalue weighted by molar-refractivity contribution is -0.0511. The van der Waals surface area contributed by atoms with Crippen LogP contribution < -0.4 is 0 Å². The molecule has 0 spiro atoms. The van der Waals surface area contributed by atoms with Gasteiger partial charge in [0.1, 0.15) is 12.4 Å². The minimum absolute atomic E-state index is 0.0236. The molecule has 0 aromatic rings. The van der Waals surface area contributed by atoms with E-state index in [4.69, 9.17) is 19.3 Å². The van der Waals surface area contributed by atoms with Crippen LogP contribution in [0.2, 0.25) is 0 Å². The topological polar surface area (TPSA) is 47.9 Å². The molecule has 1 heterocycles. The largest absolute Gasteiger partial charge is 0.486 e. The lowest BCUT2D eigenvalue weighted by Gasteiger charge is -2.31. The van der Waals surface area contributed by atoms with Gasteiger partial charge in [-0.2, -0.15) is 0 Å². The van der Waals surface area contributed by atoms with E-state index in [2.05, 4.69) is 0 Å². The van der Waals surface area contributed by atoms with Gasteiger partial charge in [0.25, 0.3) is 0 Å². The van der Waals surface area contributed by atoms with Crippen molar-refractivity contribution in [2.45, 2.75) is 19.4 Å². The second-order valence-electron chi connectivity index (χ2n) is 4.00. The summed E-state index contributed by atoms with van der Waals surface area (Å²) in [6.07, 6.45) is 4.54. The molecule has 2 unspecified atom stereocenters. The molecule has 1 N–H and O–H groups in total. The Morgan fingerprint density at radius 1 is 1.56 bits per heavy atom. The lowest BCUT2D eigenvalue weighted by Crippen LogP contribution is -2.31. The summed E-state index contributed by atoms with van der Waals surface area (Å²) in [6, 6.07) is 0. The van der Waals surface area contributed by atoms with Crippen LogP contribution in [0.1, 0.15) is 13.3 Å². The van der Waals surface area contributed by atoms with Crippen molar-refractivity contribution in [2.24, 2.45) is 5.92 Å². The average molecular weight is 226 g/mol. The van der Waals surface area contributed by atoms with E-state index in [1.807, 2.05) is 19.1 Å². The van der Waals surface area contributed by atoms with Crippen LogP contribution in [0.5, 0.6) is 0 Å². The SMILES string of the molecule is CCOCC1COC2=C(CC(CO)C=C2)O1. The molecule has 90 valence electrons.